The summed E-state index contributed by atoms with van der Waals surface area (Å²) < 4.78 is 7.23. The topological polar surface area (TPSA) is 73.1 Å². The number of ether oxygens (including phenoxy) is 1. The number of nitrogens with zero attached hydrogens (tertiary/aromatic N) is 5. The molecule has 0 spiro atoms. The number of anilines is 1. The maximum atomic E-state index is 12.9. The predicted octanol–water partition coefficient (Wildman–Crippen LogP) is 3.19. The van der Waals surface area contributed by atoms with Crippen LogP contribution < -0.4 is 15.2 Å². The number of para-hydroxylation sites is 2. The normalized spacial score (nSPS) is 15.1. The molecule has 0 aliphatic carbocycles. The van der Waals surface area contributed by atoms with Crippen molar-refractivity contribution >= 4 is 27.6 Å². The summed E-state index contributed by atoms with van der Waals surface area (Å²) in [5, 5.41) is 1.65. The third kappa shape index (κ3) is 2.99. The summed E-state index contributed by atoms with van der Waals surface area (Å²) in [4.78, 5) is 28.6. The van der Waals surface area contributed by atoms with E-state index in [0.29, 0.717) is 5.39 Å². The largest absolute Gasteiger partial charge is 0.494 e. The van der Waals surface area contributed by atoms with Gasteiger partial charge in [-0.15, -0.1) is 0 Å². The summed E-state index contributed by atoms with van der Waals surface area (Å²) in [6, 6.07) is 13.5. The van der Waals surface area contributed by atoms with E-state index in [9.17, 15) is 4.79 Å². The van der Waals surface area contributed by atoms with Crippen molar-refractivity contribution in [1.82, 2.24) is 19.5 Å². The Labute approximate surface area is 167 Å². The van der Waals surface area contributed by atoms with Crippen LogP contribution in [0.5, 0.6) is 5.75 Å². The quantitative estimate of drug-likeness (QED) is 0.538. The molecule has 29 heavy (non-hydrogen) atoms. The zero-order valence-corrected chi connectivity index (χ0v) is 16.2. The van der Waals surface area contributed by atoms with Gasteiger partial charge in [0.1, 0.15) is 23.4 Å². The fraction of sp³-hybridized carbons (Fsp3) is 0.273. The number of hydrogen-bond acceptors (Lipinski definition) is 6. The van der Waals surface area contributed by atoms with Crippen molar-refractivity contribution < 1.29 is 4.74 Å². The second kappa shape index (κ2) is 7.16. The van der Waals surface area contributed by atoms with Gasteiger partial charge in [0.15, 0.2) is 0 Å². The van der Waals surface area contributed by atoms with E-state index in [1.807, 2.05) is 42.5 Å². The average Bonchev–Trinajstić information content (AvgIpc) is 2.79. The van der Waals surface area contributed by atoms with Gasteiger partial charge in [0.05, 0.1) is 24.3 Å². The molecular weight excluding hydrogens is 366 g/mol. The summed E-state index contributed by atoms with van der Waals surface area (Å²) >= 11 is 0. The van der Waals surface area contributed by atoms with Crippen molar-refractivity contribution in [2.75, 3.05) is 25.1 Å². The molecule has 1 fully saturated rings. The fourth-order valence-electron chi connectivity index (χ4n) is 4.16. The van der Waals surface area contributed by atoms with Gasteiger partial charge in [0.25, 0.3) is 5.56 Å². The number of benzene rings is 2. The maximum Gasteiger partial charge on any atom is 0.261 e. The number of aromatic nitrogens is 4. The van der Waals surface area contributed by atoms with Crippen LogP contribution >= 0.6 is 0 Å². The van der Waals surface area contributed by atoms with Gasteiger partial charge in [0.2, 0.25) is 0 Å². The number of piperidine rings is 1. The highest BCUT2D eigenvalue weighted by atomic mass is 16.5. The van der Waals surface area contributed by atoms with Crippen molar-refractivity contribution in [1.29, 1.82) is 0 Å². The average molecular weight is 387 g/mol. The molecule has 2 aromatic heterocycles. The van der Waals surface area contributed by atoms with E-state index in [2.05, 4.69) is 19.9 Å². The SMILES string of the molecule is COc1cccc2c(N3CCC(n4cnc5ccccc5c4=O)CC3)ncnc12. The second-order valence-corrected chi connectivity index (χ2v) is 7.25. The highest BCUT2D eigenvalue weighted by Crippen LogP contribution is 2.32. The molecule has 0 unspecified atom stereocenters. The fourth-order valence-corrected chi connectivity index (χ4v) is 4.16. The van der Waals surface area contributed by atoms with E-state index < -0.39 is 0 Å². The first-order valence-electron chi connectivity index (χ1n) is 9.75. The van der Waals surface area contributed by atoms with Crippen LogP contribution in [0.3, 0.4) is 0 Å². The summed E-state index contributed by atoms with van der Waals surface area (Å²) in [6.45, 7) is 1.63. The number of methoxy groups -OCH3 is 1. The minimum Gasteiger partial charge on any atom is -0.494 e. The molecule has 0 atom stereocenters. The van der Waals surface area contributed by atoms with Crippen molar-refractivity contribution in [2.45, 2.75) is 18.9 Å². The van der Waals surface area contributed by atoms with Gasteiger partial charge in [-0.3, -0.25) is 9.36 Å². The van der Waals surface area contributed by atoms with Crippen LogP contribution in [0.1, 0.15) is 18.9 Å². The molecule has 1 aliphatic rings. The summed E-state index contributed by atoms with van der Waals surface area (Å²) in [7, 11) is 1.65. The van der Waals surface area contributed by atoms with Crippen molar-refractivity contribution in [3.05, 3.63) is 65.5 Å². The van der Waals surface area contributed by atoms with E-state index in [-0.39, 0.29) is 11.6 Å². The molecule has 0 saturated carbocycles. The Morgan fingerprint density at radius 2 is 1.76 bits per heavy atom. The van der Waals surface area contributed by atoms with Gasteiger partial charge in [-0.2, -0.15) is 0 Å². The maximum absolute atomic E-state index is 12.9. The van der Waals surface area contributed by atoms with Crippen LogP contribution in [-0.2, 0) is 0 Å². The lowest BCUT2D eigenvalue weighted by Gasteiger charge is -2.34. The van der Waals surface area contributed by atoms with Crippen LogP contribution in [-0.4, -0.2) is 39.7 Å². The number of fused-ring (bicyclic) bond motifs is 2. The molecule has 0 bridgehead atoms. The van der Waals surface area contributed by atoms with Gasteiger partial charge in [0, 0.05) is 24.5 Å². The Hall–Kier alpha value is -3.48. The highest BCUT2D eigenvalue weighted by molar-refractivity contribution is 5.93. The van der Waals surface area contributed by atoms with Gasteiger partial charge in [-0.25, -0.2) is 15.0 Å². The molecule has 3 heterocycles. The lowest BCUT2D eigenvalue weighted by atomic mass is 10.0. The zero-order valence-electron chi connectivity index (χ0n) is 16.2. The van der Waals surface area contributed by atoms with E-state index in [1.165, 1.54) is 0 Å². The Balaban J connectivity index is 1.42. The summed E-state index contributed by atoms with van der Waals surface area (Å²) in [6.07, 6.45) is 4.99. The van der Waals surface area contributed by atoms with E-state index in [0.717, 1.165) is 53.9 Å². The van der Waals surface area contributed by atoms with Crippen LogP contribution in [0.15, 0.2) is 59.9 Å². The van der Waals surface area contributed by atoms with Crippen molar-refractivity contribution in [3.8, 4) is 5.75 Å². The summed E-state index contributed by atoms with van der Waals surface area (Å²) in [5.74, 6) is 1.66. The van der Waals surface area contributed by atoms with E-state index >= 15 is 0 Å². The predicted molar refractivity (Wildman–Crippen MR) is 113 cm³/mol. The molecule has 5 rings (SSSR count). The van der Waals surface area contributed by atoms with E-state index in [4.69, 9.17) is 4.74 Å². The smallest absolute Gasteiger partial charge is 0.261 e. The molecule has 0 amide bonds. The molecule has 0 N–H and O–H groups in total. The Bertz CT molecular complexity index is 1240. The van der Waals surface area contributed by atoms with Crippen molar-refractivity contribution in [3.63, 3.8) is 0 Å². The number of hydrogen-bond donors (Lipinski definition) is 0. The monoisotopic (exact) mass is 387 g/mol. The molecule has 7 nitrogen and oxygen atoms in total. The lowest BCUT2D eigenvalue weighted by molar-refractivity contribution is 0.385. The molecule has 0 radical (unpaired) electrons. The molecule has 2 aromatic carbocycles. The Morgan fingerprint density at radius 3 is 2.59 bits per heavy atom. The van der Waals surface area contributed by atoms with Crippen LogP contribution in [0.2, 0.25) is 0 Å². The van der Waals surface area contributed by atoms with Gasteiger partial charge < -0.3 is 9.64 Å². The van der Waals surface area contributed by atoms with E-state index in [1.54, 1.807) is 24.3 Å². The minimum absolute atomic E-state index is 0.0336. The summed E-state index contributed by atoms with van der Waals surface area (Å²) in [5.41, 5.74) is 1.59. The van der Waals surface area contributed by atoms with Gasteiger partial charge in [-0.1, -0.05) is 18.2 Å². The first-order valence-corrected chi connectivity index (χ1v) is 9.75. The highest BCUT2D eigenvalue weighted by Gasteiger charge is 2.24. The molecular formula is C22H21N5O2. The second-order valence-electron chi connectivity index (χ2n) is 7.25. The molecule has 1 aliphatic heterocycles. The van der Waals surface area contributed by atoms with Crippen LogP contribution in [0.4, 0.5) is 5.82 Å². The molecule has 1 saturated heterocycles. The first-order chi connectivity index (χ1) is 14.3. The molecule has 146 valence electrons. The number of rotatable bonds is 3. The minimum atomic E-state index is 0.0336. The lowest BCUT2D eigenvalue weighted by Crippen LogP contribution is -2.38. The molecule has 4 aromatic rings. The third-order valence-electron chi connectivity index (χ3n) is 5.67. The van der Waals surface area contributed by atoms with Gasteiger partial charge in [-0.05, 0) is 37.1 Å². The Morgan fingerprint density at radius 1 is 0.966 bits per heavy atom. The van der Waals surface area contributed by atoms with Gasteiger partial charge >= 0.3 is 0 Å². The zero-order chi connectivity index (χ0) is 19.8. The molecule has 7 heteroatoms. The Kier molecular flexibility index (Phi) is 4.35. The van der Waals surface area contributed by atoms with Crippen molar-refractivity contribution in [2.24, 2.45) is 0 Å². The third-order valence-corrected chi connectivity index (χ3v) is 5.67. The van der Waals surface area contributed by atoms with Crippen LogP contribution in [0, 0.1) is 0 Å². The van der Waals surface area contributed by atoms with Crippen LogP contribution in [0.25, 0.3) is 21.8 Å². The standard InChI is InChI=1S/C22H21N5O2/c1-29-19-8-4-6-17-20(19)23-13-24-21(17)26-11-9-15(10-12-26)27-14-25-18-7-3-2-5-16(18)22(27)28/h2-8,13-15H,9-12H2,1H3. The first kappa shape index (κ1) is 17.6.